The van der Waals surface area contributed by atoms with E-state index in [2.05, 4.69) is 15.3 Å². The fourth-order valence-corrected chi connectivity index (χ4v) is 3.20. The molecule has 0 aliphatic carbocycles. The molecule has 0 spiro atoms. The Morgan fingerprint density at radius 2 is 1.79 bits per heavy atom. The smallest absolute Gasteiger partial charge is 0.344 e. The third-order valence-electron chi connectivity index (χ3n) is 4.75. The highest BCUT2D eigenvalue weighted by Gasteiger charge is 2.38. The Kier molecular flexibility index (Phi) is 4.45. The molecule has 9 heteroatoms. The van der Waals surface area contributed by atoms with Gasteiger partial charge in [0.15, 0.2) is 11.5 Å². The Morgan fingerprint density at radius 1 is 1.07 bits per heavy atom. The molecule has 1 N–H and O–H groups in total. The molecule has 0 radical (unpaired) electrons. The number of amides is 1. The fourth-order valence-electron chi connectivity index (χ4n) is 3.20. The van der Waals surface area contributed by atoms with Gasteiger partial charge in [-0.15, -0.1) is 10.2 Å². The van der Waals surface area contributed by atoms with E-state index in [4.69, 9.17) is 0 Å². The van der Waals surface area contributed by atoms with E-state index in [0.29, 0.717) is 22.6 Å². The summed E-state index contributed by atoms with van der Waals surface area (Å²) in [6.45, 7) is 3.40. The minimum Gasteiger partial charge on any atom is -0.344 e. The number of carbonyl (C=O) groups is 1. The van der Waals surface area contributed by atoms with Crippen LogP contribution in [0.2, 0.25) is 0 Å². The van der Waals surface area contributed by atoms with Gasteiger partial charge in [0.05, 0.1) is 5.69 Å². The number of benzene rings is 2. The van der Waals surface area contributed by atoms with Crippen LogP contribution in [-0.2, 0) is 11.3 Å². The van der Waals surface area contributed by atoms with E-state index >= 15 is 0 Å². The molecule has 0 aliphatic rings. The highest BCUT2D eigenvalue weighted by molar-refractivity contribution is 5.95. The van der Waals surface area contributed by atoms with Crippen molar-refractivity contribution in [3.63, 3.8) is 0 Å². The number of hydrogen-bond acceptors (Lipinski definition) is 4. The molecule has 0 atom stereocenters. The molecule has 4 aromatic rings. The van der Waals surface area contributed by atoms with Crippen molar-refractivity contribution in [2.24, 2.45) is 0 Å². The summed E-state index contributed by atoms with van der Waals surface area (Å²) in [6, 6.07) is 13.0. The molecule has 4 rings (SSSR count). The van der Waals surface area contributed by atoms with Crippen molar-refractivity contribution >= 4 is 22.3 Å². The van der Waals surface area contributed by atoms with Crippen LogP contribution in [0, 0.1) is 13.8 Å². The lowest BCUT2D eigenvalue weighted by Crippen LogP contribution is -2.36. The molecular formula is C20H16F3N5O. The van der Waals surface area contributed by atoms with Crippen LogP contribution >= 0.6 is 0 Å². The summed E-state index contributed by atoms with van der Waals surface area (Å²) in [7, 11) is 0. The molecule has 0 saturated heterocycles. The molecule has 2 aromatic carbocycles. The second kappa shape index (κ2) is 6.84. The number of rotatable bonds is 3. The summed E-state index contributed by atoms with van der Waals surface area (Å²) in [4.78, 5) is 11.1. The van der Waals surface area contributed by atoms with Crippen molar-refractivity contribution in [3.8, 4) is 11.4 Å². The molecule has 6 nitrogen and oxygen atoms in total. The van der Waals surface area contributed by atoms with Gasteiger partial charge in [-0.05, 0) is 31.0 Å². The highest BCUT2D eigenvalue weighted by atomic mass is 19.4. The highest BCUT2D eigenvalue weighted by Crippen LogP contribution is 2.26. The van der Waals surface area contributed by atoms with Crippen LogP contribution in [0.25, 0.3) is 27.8 Å². The van der Waals surface area contributed by atoms with Gasteiger partial charge in [-0.25, -0.2) is 0 Å². The third-order valence-corrected chi connectivity index (χ3v) is 4.75. The fraction of sp³-hybridized carbons (Fsp3) is 0.200. The Labute approximate surface area is 163 Å². The number of alkyl halides is 3. The first kappa shape index (κ1) is 18.9. The van der Waals surface area contributed by atoms with Crippen LogP contribution in [0.15, 0.2) is 42.5 Å². The lowest BCUT2D eigenvalue weighted by atomic mass is 10.0. The van der Waals surface area contributed by atoms with Crippen molar-refractivity contribution in [2.75, 3.05) is 0 Å². The van der Waals surface area contributed by atoms with Gasteiger partial charge in [-0.3, -0.25) is 4.79 Å². The number of aryl methyl sites for hydroxylation is 2. The van der Waals surface area contributed by atoms with Crippen molar-refractivity contribution in [2.45, 2.75) is 26.6 Å². The quantitative estimate of drug-likeness (QED) is 0.570. The number of hydrogen-bond donors (Lipinski definition) is 1. The average Bonchev–Trinajstić information content (AvgIpc) is 3.10. The van der Waals surface area contributed by atoms with Crippen molar-refractivity contribution in [3.05, 3.63) is 59.3 Å². The van der Waals surface area contributed by atoms with Gasteiger partial charge >= 0.3 is 12.1 Å². The topological polar surface area (TPSA) is 72.2 Å². The van der Waals surface area contributed by atoms with Gasteiger partial charge in [0.2, 0.25) is 0 Å². The molecule has 2 heterocycles. The number of fused-ring (bicyclic) bond motifs is 3. The minimum absolute atomic E-state index is 0.246. The summed E-state index contributed by atoms with van der Waals surface area (Å²) in [6.07, 6.45) is -4.92. The van der Waals surface area contributed by atoms with E-state index in [1.807, 2.05) is 36.5 Å². The standard InChI is InChI=1S/C20H16F3N5O/c1-11-7-8-13(9-14(11)10-24-19(29)20(21,22)23)17-25-26-18-16-6-4-3-5-15(16)12(2)27-28(17)18/h3-9H,10H2,1-2H3,(H,24,29). The first-order chi connectivity index (χ1) is 13.8. The van der Waals surface area contributed by atoms with Gasteiger partial charge in [0.25, 0.3) is 0 Å². The van der Waals surface area contributed by atoms with Crippen molar-refractivity contribution in [1.82, 2.24) is 25.1 Å². The molecule has 0 aliphatic heterocycles. The monoisotopic (exact) mass is 399 g/mol. The first-order valence-electron chi connectivity index (χ1n) is 8.81. The van der Waals surface area contributed by atoms with Crippen LogP contribution in [0.3, 0.4) is 0 Å². The second-order valence-corrected chi connectivity index (χ2v) is 6.71. The number of nitrogens with zero attached hydrogens (tertiary/aromatic N) is 4. The van der Waals surface area contributed by atoms with Crippen molar-refractivity contribution in [1.29, 1.82) is 0 Å². The Morgan fingerprint density at radius 3 is 2.52 bits per heavy atom. The van der Waals surface area contributed by atoms with Crippen LogP contribution < -0.4 is 5.32 Å². The van der Waals surface area contributed by atoms with E-state index in [1.165, 1.54) is 0 Å². The molecule has 2 aromatic heterocycles. The molecule has 29 heavy (non-hydrogen) atoms. The van der Waals surface area contributed by atoms with Crippen molar-refractivity contribution < 1.29 is 18.0 Å². The van der Waals surface area contributed by atoms with Crippen LogP contribution in [0.1, 0.15) is 16.8 Å². The molecule has 148 valence electrons. The summed E-state index contributed by atoms with van der Waals surface area (Å²) in [5, 5.41) is 16.8. The number of nitrogens with one attached hydrogen (secondary N) is 1. The van der Waals surface area contributed by atoms with Crippen LogP contribution in [-0.4, -0.2) is 31.9 Å². The molecule has 0 bridgehead atoms. The Hall–Kier alpha value is -3.49. The zero-order valence-electron chi connectivity index (χ0n) is 15.6. The van der Waals surface area contributed by atoms with Crippen LogP contribution in [0.4, 0.5) is 13.2 Å². The molecule has 0 fully saturated rings. The van der Waals surface area contributed by atoms with Gasteiger partial charge in [-0.1, -0.05) is 36.4 Å². The van der Waals surface area contributed by atoms with E-state index in [-0.39, 0.29) is 6.54 Å². The minimum atomic E-state index is -4.92. The van der Waals surface area contributed by atoms with E-state index < -0.39 is 12.1 Å². The first-order valence-corrected chi connectivity index (χ1v) is 8.81. The number of carbonyl (C=O) groups excluding carboxylic acids is 1. The summed E-state index contributed by atoms with van der Waals surface area (Å²) < 4.78 is 39.0. The van der Waals surface area contributed by atoms with E-state index in [0.717, 1.165) is 22.0 Å². The third kappa shape index (κ3) is 3.39. The average molecular weight is 399 g/mol. The predicted octanol–water partition coefficient (Wildman–Crippen LogP) is 3.74. The normalized spacial score (nSPS) is 11.9. The number of aromatic nitrogens is 4. The van der Waals surface area contributed by atoms with Gasteiger partial charge in [-0.2, -0.15) is 22.8 Å². The lowest BCUT2D eigenvalue weighted by Gasteiger charge is -2.11. The predicted molar refractivity (Wildman–Crippen MR) is 101 cm³/mol. The zero-order chi connectivity index (χ0) is 20.8. The lowest BCUT2D eigenvalue weighted by molar-refractivity contribution is -0.173. The summed E-state index contributed by atoms with van der Waals surface area (Å²) in [5.41, 5.74) is 3.34. The number of halogens is 3. The molecule has 0 unspecified atom stereocenters. The van der Waals surface area contributed by atoms with E-state index in [1.54, 1.807) is 29.6 Å². The summed E-state index contributed by atoms with van der Waals surface area (Å²) in [5.74, 6) is -1.50. The Bertz CT molecular complexity index is 1250. The molecule has 0 saturated carbocycles. The van der Waals surface area contributed by atoms with Gasteiger partial charge in [0, 0.05) is 22.9 Å². The maximum absolute atomic E-state index is 12.5. The van der Waals surface area contributed by atoms with Crippen LogP contribution in [0.5, 0.6) is 0 Å². The van der Waals surface area contributed by atoms with Gasteiger partial charge < -0.3 is 5.32 Å². The molecular weight excluding hydrogens is 383 g/mol. The largest absolute Gasteiger partial charge is 0.471 e. The van der Waals surface area contributed by atoms with Gasteiger partial charge in [0.1, 0.15) is 0 Å². The maximum atomic E-state index is 12.5. The Balaban J connectivity index is 1.76. The van der Waals surface area contributed by atoms with E-state index in [9.17, 15) is 18.0 Å². The zero-order valence-corrected chi connectivity index (χ0v) is 15.6. The second-order valence-electron chi connectivity index (χ2n) is 6.71. The maximum Gasteiger partial charge on any atom is 0.471 e. The summed E-state index contributed by atoms with van der Waals surface area (Å²) >= 11 is 0. The molecule has 1 amide bonds. The SMILES string of the molecule is Cc1ccc(-c2nnc3c4ccccc4c(C)nn23)cc1CNC(=O)C(F)(F)F.